The van der Waals surface area contributed by atoms with E-state index in [1.807, 2.05) is 45.0 Å². The minimum atomic E-state index is -0.601. The van der Waals surface area contributed by atoms with Crippen LogP contribution in [0.25, 0.3) is 0 Å². The lowest BCUT2D eigenvalue weighted by atomic mass is 10.1. The molecule has 1 N–H and O–H groups in total. The van der Waals surface area contributed by atoms with E-state index < -0.39 is 11.0 Å². The lowest BCUT2D eigenvalue weighted by Crippen LogP contribution is -2.50. The molecule has 0 aliphatic carbocycles. The number of nitrogens with one attached hydrogen (secondary N) is 1. The van der Waals surface area contributed by atoms with Crippen molar-refractivity contribution in [3.63, 3.8) is 0 Å². The molecule has 7 nitrogen and oxygen atoms in total. The van der Waals surface area contributed by atoms with Gasteiger partial charge in [-0.15, -0.1) is 11.8 Å². The predicted molar refractivity (Wildman–Crippen MR) is 128 cm³/mol. The molecule has 2 atom stereocenters. The SMILES string of the molecule is CC[C@@H](C)NC(=O)[C@H](C)N(Cc1ccccc1C)C(=O)CSCc1ccc([N+](=O)[O-])cc1. The number of nitro benzene ring substituents is 1. The van der Waals surface area contributed by atoms with Gasteiger partial charge in [0.1, 0.15) is 6.04 Å². The molecule has 0 spiro atoms. The fourth-order valence-corrected chi connectivity index (χ4v) is 3.94. The maximum Gasteiger partial charge on any atom is 0.269 e. The number of non-ortho nitro benzene ring substituents is 1. The second-order valence-corrected chi connectivity index (χ2v) is 8.84. The number of rotatable bonds is 11. The van der Waals surface area contributed by atoms with E-state index in [0.717, 1.165) is 23.1 Å². The molecule has 0 saturated carbocycles. The number of amides is 2. The zero-order chi connectivity index (χ0) is 23.7. The highest BCUT2D eigenvalue weighted by Gasteiger charge is 2.27. The van der Waals surface area contributed by atoms with Crippen LogP contribution in [0.4, 0.5) is 5.69 Å². The summed E-state index contributed by atoms with van der Waals surface area (Å²) in [6, 6.07) is 13.6. The normalized spacial score (nSPS) is 12.6. The molecule has 172 valence electrons. The van der Waals surface area contributed by atoms with Crippen molar-refractivity contribution < 1.29 is 14.5 Å². The molecule has 0 saturated heterocycles. The summed E-state index contributed by atoms with van der Waals surface area (Å²) in [7, 11) is 0. The molecule has 32 heavy (non-hydrogen) atoms. The van der Waals surface area contributed by atoms with Crippen LogP contribution >= 0.6 is 11.8 Å². The van der Waals surface area contributed by atoms with Crippen LogP contribution in [-0.4, -0.2) is 39.5 Å². The third-order valence-corrected chi connectivity index (χ3v) is 6.40. The van der Waals surface area contributed by atoms with Crippen LogP contribution < -0.4 is 5.32 Å². The fraction of sp³-hybridized carbons (Fsp3) is 0.417. The average Bonchev–Trinajstić information content (AvgIpc) is 2.78. The number of benzene rings is 2. The maximum absolute atomic E-state index is 13.1. The number of carbonyl (C=O) groups excluding carboxylic acids is 2. The Labute approximate surface area is 193 Å². The molecule has 8 heteroatoms. The molecule has 0 bridgehead atoms. The molecule has 2 aromatic carbocycles. The number of carbonyl (C=O) groups is 2. The Balaban J connectivity index is 2.07. The lowest BCUT2D eigenvalue weighted by Gasteiger charge is -2.30. The quantitative estimate of drug-likeness (QED) is 0.397. The highest BCUT2D eigenvalue weighted by molar-refractivity contribution is 7.99. The summed E-state index contributed by atoms with van der Waals surface area (Å²) < 4.78 is 0. The van der Waals surface area contributed by atoms with Crippen LogP contribution in [0.5, 0.6) is 0 Å². The first-order valence-electron chi connectivity index (χ1n) is 10.7. The first kappa shape index (κ1) is 25.4. The lowest BCUT2D eigenvalue weighted by molar-refractivity contribution is -0.384. The number of nitro groups is 1. The van der Waals surface area contributed by atoms with Gasteiger partial charge < -0.3 is 10.2 Å². The summed E-state index contributed by atoms with van der Waals surface area (Å²) in [5.41, 5.74) is 3.02. The van der Waals surface area contributed by atoms with Crippen molar-refractivity contribution in [1.29, 1.82) is 0 Å². The second-order valence-electron chi connectivity index (χ2n) is 7.86. The smallest absolute Gasteiger partial charge is 0.269 e. The van der Waals surface area contributed by atoms with Gasteiger partial charge in [0, 0.05) is 30.5 Å². The van der Waals surface area contributed by atoms with Crippen LogP contribution in [0, 0.1) is 17.0 Å². The third-order valence-electron chi connectivity index (χ3n) is 5.41. The number of thioether (sulfide) groups is 1. The molecule has 2 aromatic rings. The zero-order valence-electron chi connectivity index (χ0n) is 19.0. The van der Waals surface area contributed by atoms with Crippen molar-refractivity contribution in [1.82, 2.24) is 10.2 Å². The van der Waals surface area contributed by atoms with Gasteiger partial charge in [0.05, 0.1) is 10.7 Å². The summed E-state index contributed by atoms with van der Waals surface area (Å²) in [6.07, 6.45) is 0.815. The van der Waals surface area contributed by atoms with Crippen LogP contribution in [0.3, 0.4) is 0 Å². The van der Waals surface area contributed by atoms with Gasteiger partial charge in [-0.05, 0) is 43.9 Å². The first-order valence-corrected chi connectivity index (χ1v) is 11.8. The summed E-state index contributed by atoms with van der Waals surface area (Å²) in [6.45, 7) is 8.05. The van der Waals surface area contributed by atoms with Gasteiger partial charge >= 0.3 is 0 Å². The molecule has 0 heterocycles. The van der Waals surface area contributed by atoms with Crippen molar-refractivity contribution in [2.75, 3.05) is 5.75 Å². The van der Waals surface area contributed by atoms with Crippen molar-refractivity contribution in [3.8, 4) is 0 Å². The molecule has 2 rings (SSSR count). The van der Waals surface area contributed by atoms with E-state index in [-0.39, 0.29) is 29.3 Å². The van der Waals surface area contributed by atoms with Crippen molar-refractivity contribution in [3.05, 3.63) is 75.3 Å². The molecule has 0 aromatic heterocycles. The van der Waals surface area contributed by atoms with E-state index in [1.54, 1.807) is 24.0 Å². The Hall–Kier alpha value is -2.87. The Morgan fingerprint density at radius 2 is 1.78 bits per heavy atom. The molecular weight excluding hydrogens is 426 g/mol. The molecule has 0 radical (unpaired) electrons. The Bertz CT molecular complexity index is 933. The summed E-state index contributed by atoms with van der Waals surface area (Å²) >= 11 is 1.43. The van der Waals surface area contributed by atoms with Crippen LogP contribution in [0.15, 0.2) is 48.5 Å². The zero-order valence-corrected chi connectivity index (χ0v) is 19.9. The van der Waals surface area contributed by atoms with Crippen molar-refractivity contribution in [2.24, 2.45) is 0 Å². The van der Waals surface area contributed by atoms with Gasteiger partial charge in [-0.2, -0.15) is 0 Å². The van der Waals surface area contributed by atoms with Gasteiger partial charge in [-0.1, -0.05) is 43.3 Å². The minimum Gasteiger partial charge on any atom is -0.352 e. The van der Waals surface area contributed by atoms with E-state index >= 15 is 0 Å². The number of hydrogen-bond donors (Lipinski definition) is 1. The van der Waals surface area contributed by atoms with Crippen molar-refractivity contribution in [2.45, 2.75) is 58.5 Å². The van der Waals surface area contributed by atoms with E-state index in [9.17, 15) is 19.7 Å². The summed E-state index contributed by atoms with van der Waals surface area (Å²) in [5, 5.41) is 13.8. The molecule has 2 amide bonds. The Morgan fingerprint density at radius 1 is 1.12 bits per heavy atom. The van der Waals surface area contributed by atoms with Gasteiger partial charge in [-0.3, -0.25) is 19.7 Å². The van der Waals surface area contributed by atoms with E-state index in [0.29, 0.717) is 12.3 Å². The largest absolute Gasteiger partial charge is 0.352 e. The van der Waals surface area contributed by atoms with Crippen LogP contribution in [0.1, 0.15) is 43.9 Å². The van der Waals surface area contributed by atoms with E-state index in [2.05, 4.69) is 5.32 Å². The second kappa shape index (κ2) is 12.2. The third kappa shape index (κ3) is 7.37. The molecule has 0 unspecified atom stereocenters. The predicted octanol–water partition coefficient (Wildman–Crippen LogP) is 4.47. The van der Waals surface area contributed by atoms with E-state index in [4.69, 9.17) is 0 Å². The number of nitrogens with zero attached hydrogens (tertiary/aromatic N) is 2. The Morgan fingerprint density at radius 3 is 2.38 bits per heavy atom. The van der Waals surface area contributed by atoms with Crippen LogP contribution in [0.2, 0.25) is 0 Å². The van der Waals surface area contributed by atoms with Gasteiger partial charge in [0.15, 0.2) is 0 Å². The highest BCUT2D eigenvalue weighted by atomic mass is 32.2. The first-order chi connectivity index (χ1) is 15.2. The van der Waals surface area contributed by atoms with Gasteiger partial charge in [-0.25, -0.2) is 0 Å². The van der Waals surface area contributed by atoms with E-state index in [1.165, 1.54) is 23.9 Å². The van der Waals surface area contributed by atoms with Gasteiger partial charge in [0.25, 0.3) is 5.69 Å². The average molecular weight is 458 g/mol. The molecule has 0 aliphatic rings. The fourth-order valence-electron chi connectivity index (χ4n) is 3.07. The molecule has 0 fully saturated rings. The summed E-state index contributed by atoms with van der Waals surface area (Å²) in [4.78, 5) is 37.9. The monoisotopic (exact) mass is 457 g/mol. The Kier molecular flexibility index (Phi) is 9.71. The van der Waals surface area contributed by atoms with Gasteiger partial charge in [0.2, 0.25) is 11.8 Å². The molecular formula is C24H31N3O4S. The highest BCUT2D eigenvalue weighted by Crippen LogP contribution is 2.19. The maximum atomic E-state index is 13.1. The number of aryl methyl sites for hydroxylation is 1. The molecule has 0 aliphatic heterocycles. The number of hydrogen-bond acceptors (Lipinski definition) is 5. The minimum absolute atomic E-state index is 0.0388. The standard InChI is InChI=1S/C24H31N3O4S/c1-5-18(3)25-24(29)19(4)26(14-21-9-7-6-8-17(21)2)23(28)16-32-15-20-10-12-22(13-11-20)27(30)31/h6-13,18-19H,5,14-16H2,1-4H3,(H,25,29)/t18-,19+/m1/s1. The summed E-state index contributed by atoms with van der Waals surface area (Å²) in [5.74, 6) is 0.479. The van der Waals surface area contributed by atoms with Crippen molar-refractivity contribution >= 4 is 29.3 Å². The topological polar surface area (TPSA) is 92.6 Å². The van der Waals surface area contributed by atoms with Crippen LogP contribution in [-0.2, 0) is 21.9 Å².